The first kappa shape index (κ1) is 12.2. The fraction of sp³-hybridized carbons (Fsp3) is 0.250. The fourth-order valence-corrected chi connectivity index (χ4v) is 3.29. The summed E-state index contributed by atoms with van der Waals surface area (Å²) in [4.78, 5) is 0. The molecule has 0 bridgehead atoms. The highest BCUT2D eigenvalue weighted by Gasteiger charge is 2.18. The zero-order valence-corrected chi connectivity index (χ0v) is 9.58. The van der Waals surface area contributed by atoms with Gasteiger partial charge < -0.3 is 0 Å². The van der Waals surface area contributed by atoms with Gasteiger partial charge in [-0.15, -0.1) is 3.63 Å². The van der Waals surface area contributed by atoms with Crippen LogP contribution in [0.2, 0.25) is 0 Å². The normalized spacial score (nSPS) is 12.6. The van der Waals surface area contributed by atoms with Gasteiger partial charge in [-0.05, 0) is 5.56 Å². The molecular weight excluding hydrogens is 240 g/mol. The molecule has 0 N–H and O–H groups in total. The molecule has 0 aliphatic rings. The average molecular weight is 250 g/mol. The van der Waals surface area contributed by atoms with Crippen molar-refractivity contribution in [1.82, 2.24) is 0 Å². The van der Waals surface area contributed by atoms with Crippen LogP contribution in [0.4, 0.5) is 0 Å². The number of hydrogen-bond acceptors (Lipinski definition) is 5. The second-order valence-corrected chi connectivity index (χ2v) is 6.32. The Hall–Kier alpha value is -0.920. The molecule has 0 fully saturated rings. The van der Waals surface area contributed by atoms with E-state index in [2.05, 4.69) is 3.63 Å². The molecule has 0 saturated heterocycles. The largest absolute Gasteiger partial charge is 0.286 e. The summed E-state index contributed by atoms with van der Waals surface area (Å²) in [5, 5.41) is 0. The zero-order chi connectivity index (χ0) is 11.5. The molecule has 0 aliphatic heterocycles. The Morgan fingerprint density at radius 2 is 1.60 bits per heavy atom. The van der Waals surface area contributed by atoms with Crippen LogP contribution in [0.25, 0.3) is 0 Å². The Morgan fingerprint density at radius 1 is 1.07 bits per heavy atom. The third-order valence-corrected chi connectivity index (χ3v) is 3.92. The highest BCUT2D eigenvalue weighted by Crippen LogP contribution is 2.08. The van der Waals surface area contributed by atoms with Crippen molar-refractivity contribution in [3.05, 3.63) is 35.9 Å². The molecule has 1 aromatic carbocycles. The summed E-state index contributed by atoms with van der Waals surface area (Å²) in [7, 11) is -8.07. The van der Waals surface area contributed by atoms with Crippen molar-refractivity contribution >= 4 is 20.2 Å². The van der Waals surface area contributed by atoms with E-state index in [0.717, 1.165) is 0 Å². The SMILES string of the molecule is CS(=O)(=O)OS(=O)(=O)Cc1ccccc1. The summed E-state index contributed by atoms with van der Waals surface area (Å²) in [5.74, 6) is -0.457. The molecule has 0 radical (unpaired) electrons. The Labute approximate surface area is 88.9 Å². The van der Waals surface area contributed by atoms with Gasteiger partial charge in [0.25, 0.3) is 20.2 Å². The standard InChI is InChI=1S/C8H10O5S2/c1-14(9,10)13-15(11,12)7-8-5-3-2-4-6-8/h2-6H,7H2,1H3. The molecule has 0 aliphatic carbocycles. The van der Waals surface area contributed by atoms with Crippen LogP contribution >= 0.6 is 0 Å². The van der Waals surface area contributed by atoms with E-state index >= 15 is 0 Å². The molecule has 5 nitrogen and oxygen atoms in total. The maximum Gasteiger partial charge on any atom is 0.286 e. The molecule has 84 valence electrons. The van der Waals surface area contributed by atoms with Gasteiger partial charge in [-0.25, -0.2) is 0 Å². The molecule has 7 heteroatoms. The number of benzene rings is 1. The summed E-state index contributed by atoms with van der Waals surface area (Å²) < 4.78 is 47.7. The van der Waals surface area contributed by atoms with E-state index in [1.165, 1.54) is 0 Å². The maximum atomic E-state index is 11.2. The Bertz CT molecular complexity index is 515. The van der Waals surface area contributed by atoms with Crippen LogP contribution < -0.4 is 0 Å². The van der Waals surface area contributed by atoms with Crippen molar-refractivity contribution in [2.24, 2.45) is 0 Å². The number of rotatable bonds is 4. The lowest BCUT2D eigenvalue weighted by Gasteiger charge is -2.02. The lowest BCUT2D eigenvalue weighted by Crippen LogP contribution is -2.13. The van der Waals surface area contributed by atoms with E-state index in [0.29, 0.717) is 11.8 Å². The zero-order valence-electron chi connectivity index (χ0n) is 7.95. The summed E-state index contributed by atoms with van der Waals surface area (Å²) in [6.45, 7) is 0. The quantitative estimate of drug-likeness (QED) is 0.777. The minimum Gasteiger partial charge on any atom is -0.199 e. The molecule has 0 spiro atoms. The molecular formula is C8H10O5S2. The van der Waals surface area contributed by atoms with Gasteiger partial charge in [0.05, 0.1) is 6.26 Å². The van der Waals surface area contributed by atoms with Gasteiger partial charge in [0.2, 0.25) is 0 Å². The summed E-state index contributed by atoms with van der Waals surface area (Å²) in [6.07, 6.45) is 0.690. The van der Waals surface area contributed by atoms with Gasteiger partial charge >= 0.3 is 0 Å². The molecule has 0 heterocycles. The predicted octanol–water partition coefficient (Wildman–Crippen LogP) is 0.493. The topological polar surface area (TPSA) is 77.5 Å². The molecule has 15 heavy (non-hydrogen) atoms. The van der Waals surface area contributed by atoms with Crippen LogP contribution in [-0.4, -0.2) is 23.1 Å². The summed E-state index contributed by atoms with van der Waals surface area (Å²) in [5.41, 5.74) is 0.473. The highest BCUT2D eigenvalue weighted by molar-refractivity contribution is 7.99. The van der Waals surface area contributed by atoms with Crippen molar-refractivity contribution < 1.29 is 20.5 Å². The molecule has 1 rings (SSSR count). The molecule has 0 amide bonds. The fourth-order valence-electron chi connectivity index (χ4n) is 0.991. The third kappa shape index (κ3) is 4.91. The second-order valence-electron chi connectivity index (χ2n) is 2.96. The average Bonchev–Trinajstić information content (AvgIpc) is 1.99. The van der Waals surface area contributed by atoms with Crippen molar-refractivity contribution in [3.63, 3.8) is 0 Å². The molecule has 1 aromatic rings. The van der Waals surface area contributed by atoms with Crippen molar-refractivity contribution in [3.8, 4) is 0 Å². The minimum absolute atomic E-state index is 0.457. The predicted molar refractivity (Wildman–Crippen MR) is 55.0 cm³/mol. The van der Waals surface area contributed by atoms with Crippen molar-refractivity contribution in [1.29, 1.82) is 0 Å². The molecule has 0 unspecified atom stereocenters. The smallest absolute Gasteiger partial charge is 0.199 e. The molecule has 0 saturated carbocycles. The van der Waals surface area contributed by atoms with Crippen molar-refractivity contribution in [2.45, 2.75) is 5.75 Å². The van der Waals surface area contributed by atoms with E-state index in [9.17, 15) is 16.8 Å². The highest BCUT2D eigenvalue weighted by atomic mass is 32.3. The summed E-state index contributed by atoms with van der Waals surface area (Å²) in [6, 6.07) is 8.19. The third-order valence-electron chi connectivity index (χ3n) is 1.41. The molecule has 0 atom stereocenters. The van der Waals surface area contributed by atoms with Crippen LogP contribution in [0.3, 0.4) is 0 Å². The van der Waals surface area contributed by atoms with Crippen LogP contribution in [0.15, 0.2) is 30.3 Å². The Kier molecular flexibility index (Phi) is 3.48. The Morgan fingerprint density at radius 3 is 2.07 bits per heavy atom. The van der Waals surface area contributed by atoms with Crippen LogP contribution in [0.5, 0.6) is 0 Å². The van der Waals surface area contributed by atoms with Crippen LogP contribution in [0, 0.1) is 0 Å². The van der Waals surface area contributed by atoms with E-state index in [1.54, 1.807) is 30.3 Å². The summed E-state index contributed by atoms with van der Waals surface area (Å²) >= 11 is 0. The number of hydrogen-bond donors (Lipinski definition) is 0. The van der Waals surface area contributed by atoms with Crippen LogP contribution in [0.1, 0.15) is 5.56 Å². The van der Waals surface area contributed by atoms with E-state index in [1.807, 2.05) is 0 Å². The second kappa shape index (κ2) is 4.30. The Balaban J connectivity index is 2.83. The maximum absolute atomic E-state index is 11.2. The monoisotopic (exact) mass is 250 g/mol. The van der Waals surface area contributed by atoms with Crippen molar-refractivity contribution in [2.75, 3.05) is 6.26 Å². The van der Waals surface area contributed by atoms with E-state index in [4.69, 9.17) is 0 Å². The lowest BCUT2D eigenvalue weighted by atomic mass is 10.2. The van der Waals surface area contributed by atoms with Gasteiger partial charge in [-0.3, -0.25) is 0 Å². The van der Waals surface area contributed by atoms with Gasteiger partial charge in [-0.1, -0.05) is 30.3 Å². The van der Waals surface area contributed by atoms with Gasteiger partial charge in [-0.2, -0.15) is 16.8 Å². The first-order valence-electron chi connectivity index (χ1n) is 3.96. The van der Waals surface area contributed by atoms with E-state index < -0.39 is 26.0 Å². The van der Waals surface area contributed by atoms with Gasteiger partial charge in [0, 0.05) is 0 Å². The van der Waals surface area contributed by atoms with Gasteiger partial charge in [0.15, 0.2) is 0 Å². The van der Waals surface area contributed by atoms with Crippen LogP contribution in [-0.2, 0) is 29.6 Å². The molecule has 0 aromatic heterocycles. The van der Waals surface area contributed by atoms with Gasteiger partial charge in [0.1, 0.15) is 5.75 Å². The minimum atomic E-state index is -4.08. The lowest BCUT2D eigenvalue weighted by molar-refractivity contribution is 0.465. The van der Waals surface area contributed by atoms with E-state index in [-0.39, 0.29) is 0 Å². The first-order valence-corrected chi connectivity index (χ1v) is 7.36. The first-order chi connectivity index (χ1) is 6.79.